The Kier molecular flexibility index (Phi) is 5.62. The Morgan fingerprint density at radius 3 is 2.41 bits per heavy atom. The molecule has 0 spiro atoms. The lowest BCUT2D eigenvalue weighted by molar-refractivity contribution is -0.121. The number of hydrogen-bond donors (Lipinski definition) is 0. The Hall–Kier alpha value is -2.64. The second kappa shape index (κ2) is 7.94. The number of amidine groups is 1. The largest absolute Gasteiger partial charge is 0.284 e. The molecule has 3 rings (SSSR count). The van der Waals surface area contributed by atoms with E-state index in [-0.39, 0.29) is 22.5 Å². The summed E-state index contributed by atoms with van der Waals surface area (Å²) < 4.78 is 29.2. The van der Waals surface area contributed by atoms with Gasteiger partial charge in [0.05, 0.1) is 9.80 Å². The molecular formula is C20H18N2O3S2. The van der Waals surface area contributed by atoms with Crippen LogP contribution in [0, 0.1) is 6.92 Å². The quantitative estimate of drug-likeness (QED) is 0.567. The van der Waals surface area contributed by atoms with Crippen LogP contribution in [0.3, 0.4) is 0 Å². The van der Waals surface area contributed by atoms with Gasteiger partial charge in [-0.15, -0.1) is 11.0 Å². The summed E-state index contributed by atoms with van der Waals surface area (Å²) in [5.74, 6) is -0.290. The number of hydrogen-bond acceptors (Lipinski definition) is 4. The first kappa shape index (κ1) is 19.1. The smallest absolute Gasteiger partial charge is 0.282 e. The molecule has 0 aliphatic carbocycles. The third-order valence-corrected chi connectivity index (χ3v) is 6.22. The van der Waals surface area contributed by atoms with Crippen molar-refractivity contribution < 1.29 is 13.2 Å². The third-order valence-electron chi connectivity index (χ3n) is 3.81. The Morgan fingerprint density at radius 2 is 1.78 bits per heavy atom. The molecule has 1 aliphatic rings. The molecule has 0 bridgehead atoms. The molecule has 2 aromatic carbocycles. The Bertz CT molecular complexity index is 1020. The van der Waals surface area contributed by atoms with Gasteiger partial charge in [0, 0.05) is 6.54 Å². The minimum atomic E-state index is -3.92. The van der Waals surface area contributed by atoms with Crippen LogP contribution in [0.2, 0.25) is 0 Å². The number of thioether (sulfide) groups is 1. The van der Waals surface area contributed by atoms with Crippen molar-refractivity contribution in [3.8, 4) is 0 Å². The van der Waals surface area contributed by atoms with Crippen molar-refractivity contribution in [1.29, 1.82) is 0 Å². The fraction of sp³-hybridized carbons (Fsp3) is 0.100. The molecule has 1 aliphatic heterocycles. The standard InChI is InChI=1S/C20H18N2O3S2/c1-3-13-22-19(23)18(14-16-7-5-4-6-8-16)26-20(22)21-27(24,25)17-11-9-15(2)10-12-17/h3-12,14H,1,13H2,2H3/b18-14-,21-20+. The number of amides is 1. The minimum Gasteiger partial charge on any atom is -0.282 e. The molecule has 1 fully saturated rings. The van der Waals surface area contributed by atoms with Crippen molar-refractivity contribution in [3.05, 3.63) is 83.3 Å². The first-order chi connectivity index (χ1) is 12.9. The molecule has 27 heavy (non-hydrogen) atoms. The molecule has 0 radical (unpaired) electrons. The number of benzene rings is 2. The summed E-state index contributed by atoms with van der Waals surface area (Å²) in [5, 5.41) is 0.127. The van der Waals surface area contributed by atoms with E-state index in [2.05, 4.69) is 11.0 Å². The van der Waals surface area contributed by atoms with Gasteiger partial charge in [0.1, 0.15) is 0 Å². The highest BCUT2D eigenvalue weighted by Gasteiger charge is 2.34. The Labute approximate surface area is 163 Å². The number of aryl methyl sites for hydroxylation is 1. The van der Waals surface area contributed by atoms with Gasteiger partial charge in [-0.1, -0.05) is 54.1 Å². The van der Waals surface area contributed by atoms with Gasteiger partial charge < -0.3 is 0 Å². The first-order valence-electron chi connectivity index (χ1n) is 8.20. The van der Waals surface area contributed by atoms with Crippen molar-refractivity contribution in [2.45, 2.75) is 11.8 Å². The van der Waals surface area contributed by atoms with E-state index in [0.717, 1.165) is 22.9 Å². The third kappa shape index (κ3) is 4.37. The number of sulfonamides is 1. The second-order valence-electron chi connectivity index (χ2n) is 5.89. The van der Waals surface area contributed by atoms with Crippen molar-refractivity contribution in [2.24, 2.45) is 4.40 Å². The van der Waals surface area contributed by atoms with Crippen molar-refractivity contribution in [3.63, 3.8) is 0 Å². The molecule has 1 saturated heterocycles. The average Bonchev–Trinajstić information content (AvgIpc) is 2.91. The van der Waals surface area contributed by atoms with Crippen LogP contribution in [0.15, 0.2) is 81.5 Å². The zero-order chi connectivity index (χ0) is 19.4. The fourth-order valence-corrected chi connectivity index (χ4v) is 4.62. The van der Waals surface area contributed by atoms with E-state index in [1.807, 2.05) is 37.3 Å². The van der Waals surface area contributed by atoms with Crippen molar-refractivity contribution >= 4 is 38.9 Å². The van der Waals surface area contributed by atoms with Crippen LogP contribution >= 0.6 is 11.8 Å². The van der Waals surface area contributed by atoms with Crippen LogP contribution in [0.4, 0.5) is 0 Å². The highest BCUT2D eigenvalue weighted by molar-refractivity contribution is 8.19. The van der Waals surface area contributed by atoms with Gasteiger partial charge in [0.15, 0.2) is 5.17 Å². The number of carbonyl (C=O) groups is 1. The van der Waals surface area contributed by atoms with Gasteiger partial charge in [-0.05, 0) is 42.5 Å². The molecule has 7 heteroatoms. The minimum absolute atomic E-state index is 0.0905. The van der Waals surface area contributed by atoms with E-state index in [4.69, 9.17) is 0 Å². The Morgan fingerprint density at radius 1 is 1.11 bits per heavy atom. The van der Waals surface area contributed by atoms with Gasteiger partial charge in [-0.2, -0.15) is 8.42 Å². The summed E-state index contributed by atoms with van der Waals surface area (Å²) in [7, 11) is -3.92. The lowest BCUT2D eigenvalue weighted by Gasteiger charge is -2.12. The van der Waals surface area contributed by atoms with Gasteiger partial charge in [0.2, 0.25) is 0 Å². The SMILES string of the molecule is C=CCN1C(=O)/C(=C/c2ccccc2)S/C1=N/S(=O)(=O)c1ccc(C)cc1. The molecule has 2 aromatic rings. The summed E-state index contributed by atoms with van der Waals surface area (Å²) in [6.07, 6.45) is 3.27. The molecule has 5 nitrogen and oxygen atoms in total. The lowest BCUT2D eigenvalue weighted by atomic mass is 10.2. The number of rotatable bonds is 5. The zero-order valence-corrected chi connectivity index (χ0v) is 16.3. The average molecular weight is 399 g/mol. The maximum Gasteiger partial charge on any atom is 0.284 e. The maximum atomic E-state index is 12.7. The van der Waals surface area contributed by atoms with Crippen LogP contribution in [0.1, 0.15) is 11.1 Å². The lowest BCUT2D eigenvalue weighted by Crippen LogP contribution is -2.29. The van der Waals surface area contributed by atoms with E-state index in [1.165, 1.54) is 23.1 Å². The predicted molar refractivity (Wildman–Crippen MR) is 110 cm³/mol. The molecule has 138 valence electrons. The second-order valence-corrected chi connectivity index (χ2v) is 8.50. The van der Waals surface area contributed by atoms with Crippen molar-refractivity contribution in [1.82, 2.24) is 4.90 Å². The van der Waals surface area contributed by atoms with E-state index < -0.39 is 10.0 Å². The van der Waals surface area contributed by atoms with Crippen LogP contribution in [-0.4, -0.2) is 30.9 Å². The van der Waals surface area contributed by atoms with E-state index >= 15 is 0 Å². The fourth-order valence-electron chi connectivity index (χ4n) is 2.43. The molecule has 0 aromatic heterocycles. The monoisotopic (exact) mass is 398 g/mol. The summed E-state index contributed by atoms with van der Waals surface area (Å²) in [6.45, 7) is 5.70. The molecule has 0 saturated carbocycles. The Balaban J connectivity index is 1.99. The van der Waals surface area contributed by atoms with Gasteiger partial charge in [-0.3, -0.25) is 9.69 Å². The van der Waals surface area contributed by atoms with Crippen molar-refractivity contribution in [2.75, 3.05) is 6.54 Å². The van der Waals surface area contributed by atoms with Gasteiger partial charge in [0.25, 0.3) is 15.9 Å². The molecule has 1 amide bonds. The normalized spacial score (nSPS) is 17.7. The van der Waals surface area contributed by atoms with Crippen LogP contribution in [0.25, 0.3) is 6.08 Å². The molecule has 0 unspecified atom stereocenters. The van der Waals surface area contributed by atoms with Crippen LogP contribution in [0.5, 0.6) is 0 Å². The number of nitrogens with zero attached hydrogens (tertiary/aromatic N) is 2. The summed E-state index contributed by atoms with van der Waals surface area (Å²) >= 11 is 1.05. The highest BCUT2D eigenvalue weighted by Crippen LogP contribution is 2.33. The number of carbonyl (C=O) groups excluding carboxylic acids is 1. The predicted octanol–water partition coefficient (Wildman–Crippen LogP) is 3.84. The zero-order valence-electron chi connectivity index (χ0n) is 14.7. The van der Waals surface area contributed by atoms with Gasteiger partial charge in [-0.25, -0.2) is 0 Å². The molecule has 1 heterocycles. The first-order valence-corrected chi connectivity index (χ1v) is 10.5. The van der Waals surface area contributed by atoms with Crippen LogP contribution < -0.4 is 0 Å². The molecule has 0 atom stereocenters. The van der Waals surface area contributed by atoms with Gasteiger partial charge >= 0.3 is 0 Å². The molecule has 0 N–H and O–H groups in total. The van der Waals surface area contributed by atoms with E-state index in [0.29, 0.717) is 4.91 Å². The van der Waals surface area contributed by atoms with E-state index in [9.17, 15) is 13.2 Å². The highest BCUT2D eigenvalue weighted by atomic mass is 32.2. The van der Waals surface area contributed by atoms with E-state index in [1.54, 1.807) is 18.2 Å². The summed E-state index contributed by atoms with van der Waals surface area (Å²) in [6, 6.07) is 15.8. The topological polar surface area (TPSA) is 66.8 Å². The molecular weight excluding hydrogens is 380 g/mol. The summed E-state index contributed by atoms with van der Waals surface area (Å²) in [5.41, 5.74) is 1.81. The maximum absolute atomic E-state index is 12.7. The summed E-state index contributed by atoms with van der Waals surface area (Å²) in [4.78, 5) is 14.5. The van der Waals surface area contributed by atoms with Crippen LogP contribution in [-0.2, 0) is 14.8 Å².